The van der Waals surface area contributed by atoms with Gasteiger partial charge in [0.05, 0.1) is 11.6 Å². The van der Waals surface area contributed by atoms with Gasteiger partial charge in [-0.05, 0) is 0 Å². The summed E-state index contributed by atoms with van der Waals surface area (Å²) >= 11 is 1.76. The maximum atomic E-state index is 4.39. The standard InChI is InChI=1S/C11H16N4S/c1-8(2)11-13-7-9(16-11)6-12-10-4-5-15(3)14-10/h4-5,7-8H,6H2,1-3H3,(H,12,14). The van der Waals surface area contributed by atoms with Gasteiger partial charge in [-0.3, -0.25) is 4.68 Å². The minimum Gasteiger partial charge on any atom is -0.364 e. The summed E-state index contributed by atoms with van der Waals surface area (Å²) in [6.07, 6.45) is 3.87. The Balaban J connectivity index is 1.94. The minimum atomic E-state index is 0.508. The van der Waals surface area contributed by atoms with Crippen molar-refractivity contribution in [3.05, 3.63) is 28.3 Å². The first-order valence-corrected chi connectivity index (χ1v) is 6.15. The summed E-state index contributed by atoms with van der Waals surface area (Å²) in [6.45, 7) is 5.12. The van der Waals surface area contributed by atoms with Crippen molar-refractivity contribution in [2.45, 2.75) is 26.3 Å². The molecule has 2 aromatic heterocycles. The van der Waals surface area contributed by atoms with Gasteiger partial charge >= 0.3 is 0 Å². The van der Waals surface area contributed by atoms with Crippen molar-refractivity contribution in [3.8, 4) is 0 Å². The highest BCUT2D eigenvalue weighted by Gasteiger charge is 2.05. The minimum absolute atomic E-state index is 0.508. The average Bonchev–Trinajstić information content (AvgIpc) is 2.83. The van der Waals surface area contributed by atoms with Crippen LogP contribution in [0.15, 0.2) is 18.5 Å². The lowest BCUT2D eigenvalue weighted by Gasteiger charge is -1.99. The molecule has 2 rings (SSSR count). The molecule has 0 saturated heterocycles. The Morgan fingerprint density at radius 2 is 2.31 bits per heavy atom. The molecule has 0 aromatic carbocycles. The van der Waals surface area contributed by atoms with E-state index in [0.29, 0.717) is 5.92 Å². The molecule has 0 aliphatic rings. The Morgan fingerprint density at radius 1 is 1.50 bits per heavy atom. The summed E-state index contributed by atoms with van der Waals surface area (Å²) in [5, 5.41) is 8.72. The molecule has 86 valence electrons. The Bertz CT molecular complexity index is 458. The van der Waals surface area contributed by atoms with E-state index in [1.165, 1.54) is 9.88 Å². The number of anilines is 1. The molecule has 16 heavy (non-hydrogen) atoms. The number of aromatic nitrogens is 3. The van der Waals surface area contributed by atoms with E-state index in [9.17, 15) is 0 Å². The van der Waals surface area contributed by atoms with Crippen LogP contribution in [0, 0.1) is 0 Å². The van der Waals surface area contributed by atoms with Gasteiger partial charge in [0.25, 0.3) is 0 Å². The Morgan fingerprint density at radius 3 is 2.88 bits per heavy atom. The quantitative estimate of drug-likeness (QED) is 0.887. The highest BCUT2D eigenvalue weighted by Crippen LogP contribution is 2.21. The summed E-state index contributed by atoms with van der Waals surface area (Å²) in [7, 11) is 1.91. The van der Waals surface area contributed by atoms with Crippen molar-refractivity contribution in [2.24, 2.45) is 7.05 Å². The lowest BCUT2D eigenvalue weighted by Crippen LogP contribution is -1.99. The fourth-order valence-electron chi connectivity index (χ4n) is 1.36. The van der Waals surface area contributed by atoms with Crippen LogP contribution in [0.3, 0.4) is 0 Å². The van der Waals surface area contributed by atoms with E-state index < -0.39 is 0 Å². The molecule has 1 N–H and O–H groups in total. The predicted octanol–water partition coefficient (Wildman–Crippen LogP) is 2.61. The zero-order valence-electron chi connectivity index (χ0n) is 9.77. The molecule has 0 bridgehead atoms. The molecule has 4 nitrogen and oxygen atoms in total. The summed E-state index contributed by atoms with van der Waals surface area (Å²) in [5.74, 6) is 1.41. The third kappa shape index (κ3) is 2.61. The highest BCUT2D eigenvalue weighted by molar-refractivity contribution is 7.11. The molecular weight excluding hydrogens is 220 g/mol. The van der Waals surface area contributed by atoms with Crippen LogP contribution in [-0.4, -0.2) is 14.8 Å². The van der Waals surface area contributed by atoms with Crippen LogP contribution in [0.25, 0.3) is 0 Å². The summed E-state index contributed by atoms with van der Waals surface area (Å²) in [5.41, 5.74) is 0. The SMILES string of the molecule is CC(C)c1ncc(CNc2ccn(C)n2)s1. The number of thiazole rings is 1. The normalized spacial score (nSPS) is 11.0. The predicted molar refractivity (Wildman–Crippen MR) is 66.7 cm³/mol. The van der Waals surface area contributed by atoms with Gasteiger partial charge in [0.15, 0.2) is 0 Å². The van der Waals surface area contributed by atoms with Crippen LogP contribution in [0.5, 0.6) is 0 Å². The largest absolute Gasteiger partial charge is 0.364 e. The second kappa shape index (κ2) is 4.65. The van der Waals surface area contributed by atoms with E-state index in [1.54, 1.807) is 16.0 Å². The van der Waals surface area contributed by atoms with Gasteiger partial charge in [-0.15, -0.1) is 11.3 Å². The molecule has 2 aromatic rings. The third-order valence-electron chi connectivity index (χ3n) is 2.22. The third-order valence-corrected chi connectivity index (χ3v) is 3.52. The molecule has 0 spiro atoms. The maximum absolute atomic E-state index is 4.39. The van der Waals surface area contributed by atoms with Crippen LogP contribution in [0.4, 0.5) is 5.82 Å². The van der Waals surface area contributed by atoms with E-state index >= 15 is 0 Å². The summed E-state index contributed by atoms with van der Waals surface area (Å²) in [4.78, 5) is 5.63. The highest BCUT2D eigenvalue weighted by atomic mass is 32.1. The fraction of sp³-hybridized carbons (Fsp3) is 0.455. The van der Waals surface area contributed by atoms with Crippen LogP contribution >= 0.6 is 11.3 Å². The lowest BCUT2D eigenvalue weighted by atomic mass is 10.2. The molecule has 0 radical (unpaired) electrons. The Kier molecular flexibility index (Phi) is 3.24. The van der Waals surface area contributed by atoms with Crippen LogP contribution in [0.1, 0.15) is 29.7 Å². The molecule has 0 atom stereocenters. The molecule has 0 aliphatic heterocycles. The molecule has 0 amide bonds. The summed E-state index contributed by atoms with van der Waals surface area (Å²) in [6, 6.07) is 1.96. The molecular formula is C11H16N4S. The molecule has 5 heteroatoms. The van der Waals surface area contributed by atoms with Crippen molar-refractivity contribution in [3.63, 3.8) is 0 Å². The second-order valence-corrected chi connectivity index (χ2v) is 5.19. The molecule has 0 saturated carbocycles. The smallest absolute Gasteiger partial charge is 0.148 e. The topological polar surface area (TPSA) is 42.7 Å². The first kappa shape index (κ1) is 11.1. The monoisotopic (exact) mass is 236 g/mol. The Labute approximate surface area is 99.3 Å². The van der Waals surface area contributed by atoms with Crippen molar-refractivity contribution >= 4 is 17.2 Å². The van der Waals surface area contributed by atoms with Gasteiger partial charge in [0, 0.05) is 36.3 Å². The van der Waals surface area contributed by atoms with E-state index in [1.807, 2.05) is 25.5 Å². The van der Waals surface area contributed by atoms with Gasteiger partial charge < -0.3 is 5.32 Å². The fourth-order valence-corrected chi connectivity index (χ4v) is 2.22. The van der Waals surface area contributed by atoms with Crippen molar-refractivity contribution < 1.29 is 0 Å². The van der Waals surface area contributed by atoms with Crippen LogP contribution in [0.2, 0.25) is 0 Å². The van der Waals surface area contributed by atoms with Gasteiger partial charge in [0.1, 0.15) is 5.82 Å². The number of hydrogen-bond donors (Lipinski definition) is 1. The first-order valence-electron chi connectivity index (χ1n) is 5.33. The van der Waals surface area contributed by atoms with Crippen molar-refractivity contribution in [1.82, 2.24) is 14.8 Å². The zero-order valence-corrected chi connectivity index (χ0v) is 10.6. The molecule has 2 heterocycles. The number of nitrogens with zero attached hydrogens (tertiary/aromatic N) is 3. The van der Waals surface area contributed by atoms with Crippen LogP contribution in [-0.2, 0) is 13.6 Å². The van der Waals surface area contributed by atoms with Gasteiger partial charge in [0.2, 0.25) is 0 Å². The van der Waals surface area contributed by atoms with E-state index in [4.69, 9.17) is 0 Å². The van der Waals surface area contributed by atoms with E-state index in [0.717, 1.165) is 12.4 Å². The van der Waals surface area contributed by atoms with E-state index in [-0.39, 0.29) is 0 Å². The number of rotatable bonds is 4. The van der Waals surface area contributed by atoms with Crippen molar-refractivity contribution in [1.29, 1.82) is 0 Å². The maximum Gasteiger partial charge on any atom is 0.148 e. The average molecular weight is 236 g/mol. The number of hydrogen-bond acceptors (Lipinski definition) is 4. The summed E-state index contributed by atoms with van der Waals surface area (Å²) < 4.78 is 1.79. The van der Waals surface area contributed by atoms with Gasteiger partial charge in [-0.1, -0.05) is 13.8 Å². The number of nitrogens with one attached hydrogen (secondary N) is 1. The van der Waals surface area contributed by atoms with Crippen LogP contribution < -0.4 is 5.32 Å². The van der Waals surface area contributed by atoms with E-state index in [2.05, 4.69) is 29.2 Å². The Hall–Kier alpha value is -1.36. The molecule has 0 unspecified atom stereocenters. The molecule has 0 fully saturated rings. The lowest BCUT2D eigenvalue weighted by molar-refractivity contribution is 0.768. The second-order valence-electron chi connectivity index (χ2n) is 4.05. The molecule has 0 aliphatic carbocycles. The van der Waals surface area contributed by atoms with Gasteiger partial charge in [-0.2, -0.15) is 5.10 Å². The van der Waals surface area contributed by atoms with Crippen molar-refractivity contribution in [2.75, 3.05) is 5.32 Å². The van der Waals surface area contributed by atoms with Gasteiger partial charge in [-0.25, -0.2) is 4.98 Å². The first-order chi connectivity index (χ1) is 7.65. The zero-order chi connectivity index (χ0) is 11.5. The number of aryl methyl sites for hydroxylation is 1.